The Bertz CT molecular complexity index is 1550. The third kappa shape index (κ3) is 7.12. The third-order valence-electron chi connectivity index (χ3n) is 6.10. The van der Waals surface area contributed by atoms with E-state index in [0.717, 1.165) is 22.3 Å². The van der Waals surface area contributed by atoms with Crippen LogP contribution in [0.4, 0.5) is 8.78 Å². The first-order chi connectivity index (χ1) is 18.2. The number of rotatable bonds is 2. The molecule has 0 aliphatic heterocycles. The average Bonchev–Trinajstić information content (AvgIpc) is 3.45. The van der Waals surface area contributed by atoms with Crippen molar-refractivity contribution in [2.24, 2.45) is 0 Å². The number of fused-ring (bicyclic) bond motifs is 2. The molecule has 0 unspecified atom stereocenters. The normalized spacial score (nSPS) is 10.5. The fourth-order valence-corrected chi connectivity index (χ4v) is 4.53. The minimum atomic E-state index is -0.195. The van der Waals surface area contributed by atoms with E-state index in [9.17, 15) is 8.78 Å². The standard InChI is InChI=1S/2C16H12F.C2H6Si.Zr/c2*1-11-9-13-3-2-4-15(16(13)10-11)12-5-7-14(17)8-6-12;1-3-2;/h2*2-10H,1H3;1-2H3;/q2*-1;;+2. The second-order valence-corrected chi connectivity index (χ2v) is 19.1. The molecule has 0 radical (unpaired) electrons. The molecule has 0 bridgehead atoms. The van der Waals surface area contributed by atoms with Crippen LogP contribution in [0.1, 0.15) is 11.1 Å². The van der Waals surface area contributed by atoms with E-state index in [1.54, 1.807) is 23.3 Å². The second kappa shape index (κ2) is 12.7. The molecule has 0 fully saturated rings. The molecule has 0 saturated carbocycles. The van der Waals surface area contributed by atoms with Gasteiger partial charge in [0.25, 0.3) is 0 Å². The fourth-order valence-electron chi connectivity index (χ4n) is 4.53. The smallest absolute Gasteiger partial charge is 0.123 e. The van der Waals surface area contributed by atoms with E-state index in [-0.39, 0.29) is 17.1 Å². The van der Waals surface area contributed by atoms with Crippen molar-refractivity contribution >= 4 is 27.0 Å². The van der Waals surface area contributed by atoms with Gasteiger partial charge < -0.3 is 0 Å². The maximum absolute atomic E-state index is 12.9. The predicted molar refractivity (Wildman–Crippen MR) is 157 cm³/mol. The van der Waals surface area contributed by atoms with Crippen LogP contribution in [0.25, 0.3) is 43.8 Å². The third-order valence-corrected chi connectivity index (χ3v) is 6.10. The summed E-state index contributed by atoms with van der Waals surface area (Å²) in [4.78, 5) is 0. The van der Waals surface area contributed by atoms with Crippen LogP contribution in [0.15, 0.2) is 109 Å². The molecule has 6 aromatic carbocycles. The molecule has 0 heterocycles. The number of benzene rings is 4. The topological polar surface area (TPSA) is 0 Å². The van der Waals surface area contributed by atoms with Crippen LogP contribution in [0.2, 0.25) is 13.1 Å². The molecule has 0 aliphatic rings. The van der Waals surface area contributed by atoms with Gasteiger partial charge in [-0.05, 0) is 35.4 Å². The quantitative estimate of drug-likeness (QED) is 0.138. The first kappa shape index (κ1) is 28.1. The summed E-state index contributed by atoms with van der Waals surface area (Å²) in [5.74, 6) is -0.390. The van der Waals surface area contributed by atoms with Crippen molar-refractivity contribution in [1.82, 2.24) is 0 Å². The molecule has 0 aromatic heterocycles. The largest absolute Gasteiger partial charge is 0.207 e. The molecule has 6 rings (SSSR count). The van der Waals surface area contributed by atoms with Crippen molar-refractivity contribution in [3.63, 3.8) is 0 Å². The van der Waals surface area contributed by atoms with Crippen molar-refractivity contribution < 1.29 is 32.1 Å². The van der Waals surface area contributed by atoms with Gasteiger partial charge in [-0.3, -0.25) is 0 Å². The Labute approximate surface area is 239 Å². The molecule has 0 atom stereocenters. The SMILES string of the molecule is C[Si](C)=[Zr+2].Cc1cc2c(-c3ccc(F)cc3)cccc2[cH-]1.Cc1cc2c(-c3ccc(F)cc3)cccc2[cH-]1. The zero-order chi connectivity index (χ0) is 27.2. The van der Waals surface area contributed by atoms with Gasteiger partial charge in [-0.15, -0.1) is 69.1 Å². The summed E-state index contributed by atoms with van der Waals surface area (Å²) in [6, 6.07) is 34.5. The maximum Gasteiger partial charge on any atom is 0.123 e. The van der Waals surface area contributed by atoms with E-state index in [2.05, 4.69) is 75.5 Å². The van der Waals surface area contributed by atoms with Gasteiger partial charge in [0.1, 0.15) is 11.6 Å². The van der Waals surface area contributed by atoms with Gasteiger partial charge in [0.15, 0.2) is 0 Å². The van der Waals surface area contributed by atoms with Crippen molar-refractivity contribution in [3.8, 4) is 22.3 Å². The first-order valence-electron chi connectivity index (χ1n) is 12.6. The Morgan fingerprint density at radius 1 is 0.579 bits per heavy atom. The first-order valence-corrected chi connectivity index (χ1v) is 18.8. The van der Waals surface area contributed by atoms with Gasteiger partial charge in [-0.25, -0.2) is 8.78 Å². The number of halogens is 2. The minimum Gasteiger partial charge on any atom is -0.207 e. The Morgan fingerprint density at radius 2 is 0.921 bits per heavy atom. The van der Waals surface area contributed by atoms with Crippen molar-refractivity contribution in [2.45, 2.75) is 26.9 Å². The Hall–Kier alpha value is -2.94. The van der Waals surface area contributed by atoms with Crippen LogP contribution >= 0.6 is 0 Å². The average molecular weight is 596 g/mol. The molecule has 0 amide bonds. The fraction of sp³-hybridized carbons (Fsp3) is 0.118. The zero-order valence-corrected chi connectivity index (χ0v) is 25.6. The monoisotopic (exact) mass is 594 g/mol. The number of aryl methyl sites for hydroxylation is 2. The molecular weight excluding hydrogens is 566 g/mol. The van der Waals surface area contributed by atoms with Crippen molar-refractivity contribution in [1.29, 1.82) is 0 Å². The van der Waals surface area contributed by atoms with Crippen molar-refractivity contribution in [2.75, 3.05) is 0 Å². The molecule has 0 nitrogen and oxygen atoms in total. The molecule has 0 saturated heterocycles. The summed E-state index contributed by atoms with van der Waals surface area (Å²) < 4.78 is 25.8. The Kier molecular flexibility index (Phi) is 9.41. The maximum atomic E-state index is 12.9. The van der Waals surface area contributed by atoms with E-state index in [1.807, 2.05) is 36.4 Å². The van der Waals surface area contributed by atoms with E-state index in [4.69, 9.17) is 0 Å². The summed E-state index contributed by atoms with van der Waals surface area (Å²) in [6.07, 6.45) is 0. The van der Waals surface area contributed by atoms with Gasteiger partial charge in [-0.1, -0.05) is 61.4 Å². The number of hydrogen-bond acceptors (Lipinski definition) is 0. The second-order valence-electron chi connectivity index (χ2n) is 9.70. The molecule has 38 heavy (non-hydrogen) atoms. The Morgan fingerprint density at radius 3 is 1.26 bits per heavy atom. The molecular formula is C34H30F2SiZr. The molecule has 0 N–H and O–H groups in total. The molecule has 4 heteroatoms. The molecule has 0 spiro atoms. The van der Waals surface area contributed by atoms with Gasteiger partial charge in [0, 0.05) is 0 Å². The summed E-state index contributed by atoms with van der Waals surface area (Å²) in [6.45, 7) is 8.80. The van der Waals surface area contributed by atoms with Crippen LogP contribution in [0.3, 0.4) is 0 Å². The van der Waals surface area contributed by atoms with Crippen LogP contribution in [-0.4, -0.2) is 5.43 Å². The van der Waals surface area contributed by atoms with Crippen LogP contribution in [0, 0.1) is 25.5 Å². The van der Waals surface area contributed by atoms with E-state index in [0.29, 0.717) is 0 Å². The summed E-state index contributed by atoms with van der Waals surface area (Å²) in [5.41, 5.74) is 7.17. The van der Waals surface area contributed by atoms with Gasteiger partial charge in [0.05, 0.1) is 0 Å². The minimum absolute atomic E-state index is 0.195. The van der Waals surface area contributed by atoms with Crippen molar-refractivity contribution in [3.05, 3.63) is 132 Å². The molecule has 6 aromatic rings. The zero-order valence-electron chi connectivity index (χ0n) is 22.1. The van der Waals surface area contributed by atoms with Crippen LogP contribution in [-0.2, 0) is 23.3 Å². The summed E-state index contributed by atoms with van der Waals surface area (Å²) in [5, 5.41) is 4.95. The van der Waals surface area contributed by atoms with E-state index in [1.165, 1.54) is 56.9 Å². The molecule has 0 aliphatic carbocycles. The van der Waals surface area contributed by atoms with Gasteiger partial charge in [0.2, 0.25) is 0 Å². The Balaban J connectivity index is 0.000000156. The van der Waals surface area contributed by atoms with Crippen LogP contribution in [0.5, 0.6) is 0 Å². The predicted octanol–water partition coefficient (Wildman–Crippen LogP) is 10.1. The van der Waals surface area contributed by atoms with Crippen LogP contribution < -0.4 is 0 Å². The molecule has 188 valence electrons. The van der Waals surface area contributed by atoms with Gasteiger partial charge in [-0.2, -0.15) is 12.1 Å². The van der Waals surface area contributed by atoms with Gasteiger partial charge >= 0.3 is 41.9 Å². The number of hydrogen-bond donors (Lipinski definition) is 0. The van der Waals surface area contributed by atoms with E-state index < -0.39 is 0 Å². The van der Waals surface area contributed by atoms with E-state index >= 15 is 0 Å². The summed E-state index contributed by atoms with van der Waals surface area (Å²) in [7, 11) is 0. The summed E-state index contributed by atoms with van der Waals surface area (Å²) >= 11 is 1.74.